The number of aliphatic hydroxyl groups excluding tert-OH is 1. The van der Waals surface area contributed by atoms with Gasteiger partial charge in [-0.15, -0.1) is 0 Å². The van der Waals surface area contributed by atoms with Gasteiger partial charge in [0.15, 0.2) is 0 Å². The van der Waals surface area contributed by atoms with E-state index < -0.39 is 23.4 Å². The molecule has 4 heteroatoms. The molecule has 0 spiro atoms. The summed E-state index contributed by atoms with van der Waals surface area (Å²) >= 11 is 0. The Labute approximate surface area is 90.6 Å². The number of methoxy groups -OCH3 is 1. The van der Waals surface area contributed by atoms with Crippen molar-refractivity contribution in [2.45, 2.75) is 40.2 Å². The molecule has 0 aliphatic rings. The number of aliphatic hydroxyl groups is 1. The largest absolute Gasteiger partial charge is 0.469 e. The summed E-state index contributed by atoms with van der Waals surface area (Å²) in [4.78, 5) is 23.0. The van der Waals surface area contributed by atoms with Gasteiger partial charge in [0, 0.05) is 5.41 Å². The first kappa shape index (κ1) is 14.1. The molecule has 2 atom stereocenters. The normalized spacial score (nSPS) is 15.6. The molecule has 0 radical (unpaired) electrons. The van der Waals surface area contributed by atoms with E-state index in [4.69, 9.17) is 0 Å². The number of carbonyl (C=O) groups is 2. The van der Waals surface area contributed by atoms with Crippen LogP contribution in [0, 0.1) is 11.3 Å². The van der Waals surface area contributed by atoms with Crippen molar-refractivity contribution in [3.63, 3.8) is 0 Å². The topological polar surface area (TPSA) is 63.6 Å². The molecule has 0 fully saturated rings. The van der Waals surface area contributed by atoms with Gasteiger partial charge in [-0.1, -0.05) is 20.8 Å². The lowest BCUT2D eigenvalue weighted by molar-refractivity contribution is -0.147. The van der Waals surface area contributed by atoms with Crippen molar-refractivity contribution in [3.8, 4) is 0 Å². The summed E-state index contributed by atoms with van der Waals surface area (Å²) in [6, 6.07) is 0. The zero-order chi connectivity index (χ0) is 12.2. The number of hydrogen-bond donors (Lipinski definition) is 1. The molecule has 0 amide bonds. The minimum atomic E-state index is -0.837. The van der Waals surface area contributed by atoms with Crippen LogP contribution in [0.25, 0.3) is 0 Å². The molecule has 0 aromatic carbocycles. The minimum Gasteiger partial charge on any atom is -0.469 e. The molecule has 88 valence electrons. The Hall–Kier alpha value is -0.900. The SMILES string of the molecule is COC(=O)C[C@H](C(=O)C(C)(C)C)[C@H](C)O. The third-order valence-electron chi connectivity index (χ3n) is 2.27. The second-order valence-electron chi connectivity index (χ2n) is 4.74. The van der Waals surface area contributed by atoms with Crippen LogP contribution in [-0.2, 0) is 14.3 Å². The number of carbonyl (C=O) groups excluding carboxylic acids is 2. The highest BCUT2D eigenvalue weighted by molar-refractivity contribution is 5.89. The second-order valence-corrected chi connectivity index (χ2v) is 4.74. The average molecular weight is 216 g/mol. The molecule has 15 heavy (non-hydrogen) atoms. The van der Waals surface area contributed by atoms with Gasteiger partial charge in [-0.2, -0.15) is 0 Å². The van der Waals surface area contributed by atoms with Crippen molar-refractivity contribution in [2.75, 3.05) is 7.11 Å². The van der Waals surface area contributed by atoms with Crippen LogP contribution in [0.15, 0.2) is 0 Å². The summed E-state index contributed by atoms with van der Waals surface area (Å²) in [7, 11) is 1.27. The van der Waals surface area contributed by atoms with Crippen LogP contribution in [0.2, 0.25) is 0 Å². The molecule has 0 saturated carbocycles. The van der Waals surface area contributed by atoms with Gasteiger partial charge in [0.1, 0.15) is 5.78 Å². The number of ketones is 1. The summed E-state index contributed by atoms with van der Waals surface area (Å²) in [6.45, 7) is 6.81. The van der Waals surface area contributed by atoms with E-state index in [9.17, 15) is 14.7 Å². The molecule has 0 aromatic rings. The molecule has 0 aliphatic heterocycles. The predicted octanol–water partition coefficient (Wildman–Crippen LogP) is 1.16. The summed E-state index contributed by atoms with van der Waals surface area (Å²) in [5.74, 6) is -1.28. The quantitative estimate of drug-likeness (QED) is 0.716. The number of Topliss-reactive ketones (excluding diaryl/α,β-unsaturated/α-hetero) is 1. The van der Waals surface area contributed by atoms with Crippen LogP contribution < -0.4 is 0 Å². The molecular formula is C11H20O4. The van der Waals surface area contributed by atoms with Gasteiger partial charge in [0.25, 0.3) is 0 Å². The fraction of sp³-hybridized carbons (Fsp3) is 0.818. The molecule has 0 heterocycles. The van der Waals surface area contributed by atoms with E-state index in [-0.39, 0.29) is 12.2 Å². The van der Waals surface area contributed by atoms with Gasteiger partial charge in [-0.05, 0) is 6.92 Å². The van der Waals surface area contributed by atoms with Crippen LogP contribution in [0.4, 0.5) is 0 Å². The highest BCUT2D eigenvalue weighted by Gasteiger charge is 2.34. The predicted molar refractivity (Wildman–Crippen MR) is 56.3 cm³/mol. The van der Waals surface area contributed by atoms with Gasteiger partial charge < -0.3 is 9.84 Å². The van der Waals surface area contributed by atoms with E-state index in [2.05, 4.69) is 4.74 Å². The average Bonchev–Trinajstić information content (AvgIpc) is 2.10. The zero-order valence-corrected chi connectivity index (χ0v) is 10.0. The molecule has 0 aliphatic carbocycles. The van der Waals surface area contributed by atoms with Crippen LogP contribution in [-0.4, -0.2) is 30.1 Å². The maximum Gasteiger partial charge on any atom is 0.306 e. The highest BCUT2D eigenvalue weighted by atomic mass is 16.5. The van der Waals surface area contributed by atoms with Gasteiger partial charge >= 0.3 is 5.97 Å². The summed E-state index contributed by atoms with van der Waals surface area (Å²) in [5, 5.41) is 9.46. The van der Waals surface area contributed by atoms with Crippen molar-refractivity contribution in [3.05, 3.63) is 0 Å². The third-order valence-corrected chi connectivity index (χ3v) is 2.27. The van der Waals surface area contributed by atoms with Gasteiger partial charge in [-0.3, -0.25) is 9.59 Å². The Balaban J connectivity index is 4.68. The Bertz CT molecular complexity index is 237. The Morgan fingerprint density at radius 2 is 1.80 bits per heavy atom. The second kappa shape index (κ2) is 5.26. The van der Waals surface area contributed by atoms with E-state index in [0.717, 1.165) is 0 Å². The molecule has 0 aromatic heterocycles. The number of ether oxygens (including phenoxy) is 1. The molecule has 0 unspecified atom stereocenters. The number of esters is 1. The first-order chi connectivity index (χ1) is 6.70. The molecular weight excluding hydrogens is 196 g/mol. The summed E-state index contributed by atoms with van der Waals surface area (Å²) in [6.07, 6.45) is -0.902. The first-order valence-corrected chi connectivity index (χ1v) is 4.99. The van der Waals surface area contributed by atoms with E-state index in [1.54, 1.807) is 20.8 Å². The third kappa shape index (κ3) is 4.42. The van der Waals surface area contributed by atoms with E-state index in [1.807, 2.05) is 0 Å². The van der Waals surface area contributed by atoms with Gasteiger partial charge in [-0.25, -0.2) is 0 Å². The Morgan fingerprint density at radius 1 is 1.33 bits per heavy atom. The number of hydrogen-bond acceptors (Lipinski definition) is 4. The maximum atomic E-state index is 11.9. The lowest BCUT2D eigenvalue weighted by Crippen LogP contribution is -2.36. The van der Waals surface area contributed by atoms with E-state index in [0.29, 0.717) is 0 Å². The van der Waals surface area contributed by atoms with Crippen LogP contribution in [0.3, 0.4) is 0 Å². The molecule has 4 nitrogen and oxygen atoms in total. The smallest absolute Gasteiger partial charge is 0.306 e. The monoisotopic (exact) mass is 216 g/mol. The van der Waals surface area contributed by atoms with Crippen molar-refractivity contribution in [1.29, 1.82) is 0 Å². The fourth-order valence-corrected chi connectivity index (χ4v) is 1.30. The first-order valence-electron chi connectivity index (χ1n) is 4.99. The summed E-state index contributed by atoms with van der Waals surface area (Å²) < 4.78 is 4.49. The summed E-state index contributed by atoms with van der Waals surface area (Å²) in [5.41, 5.74) is -0.560. The Kier molecular flexibility index (Phi) is 4.94. The molecule has 0 bridgehead atoms. The van der Waals surface area contributed by atoms with Crippen molar-refractivity contribution >= 4 is 11.8 Å². The van der Waals surface area contributed by atoms with Crippen LogP contribution in [0.5, 0.6) is 0 Å². The van der Waals surface area contributed by atoms with Crippen LogP contribution in [0.1, 0.15) is 34.1 Å². The fourth-order valence-electron chi connectivity index (χ4n) is 1.30. The highest BCUT2D eigenvalue weighted by Crippen LogP contribution is 2.24. The molecule has 1 N–H and O–H groups in total. The van der Waals surface area contributed by atoms with E-state index in [1.165, 1.54) is 14.0 Å². The van der Waals surface area contributed by atoms with Gasteiger partial charge in [0.2, 0.25) is 0 Å². The molecule has 0 saturated heterocycles. The minimum absolute atomic E-state index is 0.0652. The lowest BCUT2D eigenvalue weighted by Gasteiger charge is -2.25. The van der Waals surface area contributed by atoms with E-state index >= 15 is 0 Å². The lowest BCUT2D eigenvalue weighted by atomic mass is 9.79. The van der Waals surface area contributed by atoms with Crippen molar-refractivity contribution in [1.82, 2.24) is 0 Å². The maximum absolute atomic E-state index is 11.9. The Morgan fingerprint density at radius 3 is 2.07 bits per heavy atom. The van der Waals surface area contributed by atoms with Crippen molar-refractivity contribution in [2.24, 2.45) is 11.3 Å². The number of rotatable bonds is 4. The van der Waals surface area contributed by atoms with Crippen LogP contribution >= 0.6 is 0 Å². The van der Waals surface area contributed by atoms with Crippen molar-refractivity contribution < 1.29 is 19.4 Å². The molecule has 0 rings (SSSR count). The van der Waals surface area contributed by atoms with Gasteiger partial charge in [0.05, 0.1) is 25.6 Å². The standard InChI is InChI=1S/C11H20O4/c1-7(12)8(6-9(13)15-5)10(14)11(2,3)4/h7-8,12H,6H2,1-5H3/t7-,8-/m0/s1. The zero-order valence-electron chi connectivity index (χ0n) is 10.0.